The van der Waals surface area contributed by atoms with Gasteiger partial charge in [-0.2, -0.15) is 0 Å². The van der Waals surface area contributed by atoms with Crippen molar-refractivity contribution >= 4 is 0 Å². The van der Waals surface area contributed by atoms with E-state index in [9.17, 15) is 0 Å². The van der Waals surface area contributed by atoms with Crippen LogP contribution < -0.4 is 0 Å². The van der Waals surface area contributed by atoms with Crippen LogP contribution in [0, 0.1) is 22.7 Å². The van der Waals surface area contributed by atoms with E-state index in [1.807, 2.05) is 0 Å². The third-order valence-electron chi connectivity index (χ3n) is 4.32. The lowest BCUT2D eigenvalue weighted by Gasteiger charge is -2.24. The molecular weight excluding hydrogens is 156 g/mol. The largest absolute Gasteiger partial charge is 0.0654 e. The van der Waals surface area contributed by atoms with Crippen molar-refractivity contribution in [1.82, 2.24) is 0 Å². The molecule has 2 atom stereocenters. The summed E-state index contributed by atoms with van der Waals surface area (Å²) in [5, 5.41) is 0. The van der Waals surface area contributed by atoms with Crippen LogP contribution in [0.1, 0.15) is 60.8 Å². The number of hydrogen-bond acceptors (Lipinski definition) is 0. The predicted molar refractivity (Wildman–Crippen MR) is 59.7 cm³/mol. The Morgan fingerprint density at radius 1 is 1.23 bits per heavy atom. The standard InChI is InChI=1S/C13H26/c1-7-8-12(3,4)9-11-10(2)13(11,5)6/h10-11H,7-9H2,1-6H3. The van der Waals surface area contributed by atoms with Crippen LogP contribution in [0.15, 0.2) is 0 Å². The van der Waals surface area contributed by atoms with E-state index in [2.05, 4.69) is 41.5 Å². The fourth-order valence-corrected chi connectivity index (χ4v) is 2.83. The highest BCUT2D eigenvalue weighted by molar-refractivity contribution is 5.03. The van der Waals surface area contributed by atoms with Gasteiger partial charge in [0, 0.05) is 0 Å². The van der Waals surface area contributed by atoms with Gasteiger partial charge in [0.2, 0.25) is 0 Å². The van der Waals surface area contributed by atoms with Crippen molar-refractivity contribution in [2.45, 2.75) is 60.8 Å². The fraction of sp³-hybridized carbons (Fsp3) is 1.00. The van der Waals surface area contributed by atoms with Gasteiger partial charge < -0.3 is 0 Å². The molecule has 0 heterocycles. The van der Waals surface area contributed by atoms with Gasteiger partial charge in [-0.3, -0.25) is 0 Å². The van der Waals surface area contributed by atoms with Crippen LogP contribution in [-0.4, -0.2) is 0 Å². The van der Waals surface area contributed by atoms with Crippen molar-refractivity contribution in [2.24, 2.45) is 22.7 Å². The molecule has 1 aliphatic rings. The van der Waals surface area contributed by atoms with Gasteiger partial charge in [-0.05, 0) is 35.5 Å². The molecule has 0 N–H and O–H groups in total. The number of rotatable bonds is 4. The van der Waals surface area contributed by atoms with E-state index >= 15 is 0 Å². The van der Waals surface area contributed by atoms with Gasteiger partial charge in [-0.15, -0.1) is 0 Å². The minimum atomic E-state index is 0.571. The van der Waals surface area contributed by atoms with Gasteiger partial charge in [-0.1, -0.05) is 48.0 Å². The first-order valence-corrected chi connectivity index (χ1v) is 5.81. The Labute approximate surface area is 84.1 Å². The molecule has 0 nitrogen and oxygen atoms in total. The average molecular weight is 182 g/mol. The molecule has 0 aromatic carbocycles. The summed E-state index contributed by atoms with van der Waals surface area (Å²) in [6, 6.07) is 0. The Bertz CT molecular complexity index is 176. The molecule has 0 aliphatic heterocycles. The molecule has 13 heavy (non-hydrogen) atoms. The van der Waals surface area contributed by atoms with Crippen LogP contribution in [0.2, 0.25) is 0 Å². The summed E-state index contributed by atoms with van der Waals surface area (Å²) >= 11 is 0. The highest BCUT2D eigenvalue weighted by atomic mass is 14.6. The first-order valence-electron chi connectivity index (χ1n) is 5.81. The third kappa shape index (κ3) is 2.27. The van der Waals surface area contributed by atoms with E-state index in [-0.39, 0.29) is 0 Å². The Morgan fingerprint density at radius 3 is 2.00 bits per heavy atom. The first kappa shape index (κ1) is 11.1. The number of hydrogen-bond donors (Lipinski definition) is 0. The summed E-state index contributed by atoms with van der Waals surface area (Å²) in [5.41, 5.74) is 1.20. The zero-order valence-corrected chi connectivity index (χ0v) is 10.3. The maximum Gasteiger partial charge on any atom is -0.0294 e. The van der Waals surface area contributed by atoms with Gasteiger partial charge in [0.25, 0.3) is 0 Å². The summed E-state index contributed by atoms with van der Waals surface area (Å²) in [4.78, 5) is 0. The Balaban J connectivity index is 2.42. The Morgan fingerprint density at radius 2 is 1.69 bits per heavy atom. The molecule has 1 aliphatic carbocycles. The zero-order chi connectivity index (χ0) is 10.3. The summed E-state index contributed by atoms with van der Waals surface area (Å²) in [5.74, 6) is 1.93. The van der Waals surface area contributed by atoms with Gasteiger partial charge in [0.15, 0.2) is 0 Å². The molecule has 78 valence electrons. The van der Waals surface area contributed by atoms with Crippen LogP contribution in [0.4, 0.5) is 0 Å². The molecule has 0 heteroatoms. The van der Waals surface area contributed by atoms with Crippen molar-refractivity contribution in [3.8, 4) is 0 Å². The van der Waals surface area contributed by atoms with Crippen LogP contribution in [0.25, 0.3) is 0 Å². The van der Waals surface area contributed by atoms with Crippen LogP contribution >= 0.6 is 0 Å². The molecule has 0 saturated heterocycles. The highest BCUT2D eigenvalue weighted by Gasteiger charge is 2.55. The lowest BCUT2D eigenvalue weighted by Crippen LogP contribution is -2.13. The molecule has 1 fully saturated rings. The minimum absolute atomic E-state index is 0.571. The van der Waals surface area contributed by atoms with Crippen molar-refractivity contribution in [2.75, 3.05) is 0 Å². The Kier molecular flexibility index (Phi) is 2.81. The molecule has 0 aromatic heterocycles. The average Bonchev–Trinajstić information content (AvgIpc) is 2.38. The van der Waals surface area contributed by atoms with Crippen LogP contribution in [0.3, 0.4) is 0 Å². The molecular formula is C13H26. The monoisotopic (exact) mass is 182 g/mol. The van der Waals surface area contributed by atoms with Crippen molar-refractivity contribution in [3.05, 3.63) is 0 Å². The van der Waals surface area contributed by atoms with Crippen molar-refractivity contribution in [1.29, 1.82) is 0 Å². The van der Waals surface area contributed by atoms with E-state index < -0.39 is 0 Å². The second kappa shape index (κ2) is 3.29. The first-order chi connectivity index (χ1) is 5.81. The van der Waals surface area contributed by atoms with Crippen molar-refractivity contribution in [3.63, 3.8) is 0 Å². The summed E-state index contributed by atoms with van der Waals surface area (Å²) in [6.07, 6.45) is 4.13. The summed E-state index contributed by atoms with van der Waals surface area (Å²) < 4.78 is 0. The minimum Gasteiger partial charge on any atom is -0.0654 e. The fourth-order valence-electron chi connectivity index (χ4n) is 2.83. The highest BCUT2D eigenvalue weighted by Crippen LogP contribution is 2.62. The predicted octanol–water partition coefficient (Wildman–Crippen LogP) is 4.49. The Hall–Kier alpha value is 0. The molecule has 0 aromatic rings. The second-order valence-corrected chi connectivity index (χ2v) is 6.33. The second-order valence-electron chi connectivity index (χ2n) is 6.33. The molecule has 2 unspecified atom stereocenters. The normalized spacial score (nSPS) is 31.8. The zero-order valence-electron chi connectivity index (χ0n) is 10.3. The lowest BCUT2D eigenvalue weighted by molar-refractivity contribution is 0.269. The molecule has 1 saturated carbocycles. The van der Waals surface area contributed by atoms with Crippen LogP contribution in [0.5, 0.6) is 0 Å². The van der Waals surface area contributed by atoms with Gasteiger partial charge in [0.05, 0.1) is 0 Å². The van der Waals surface area contributed by atoms with E-state index in [0.717, 1.165) is 11.8 Å². The molecule has 0 spiro atoms. The quantitative estimate of drug-likeness (QED) is 0.600. The smallest absolute Gasteiger partial charge is 0.0294 e. The summed E-state index contributed by atoms with van der Waals surface area (Å²) in [7, 11) is 0. The van der Waals surface area contributed by atoms with Crippen LogP contribution in [-0.2, 0) is 0 Å². The van der Waals surface area contributed by atoms with Gasteiger partial charge in [0.1, 0.15) is 0 Å². The summed E-state index contributed by atoms with van der Waals surface area (Å²) in [6.45, 7) is 14.4. The molecule has 0 radical (unpaired) electrons. The molecule has 0 bridgehead atoms. The third-order valence-corrected chi connectivity index (χ3v) is 4.32. The maximum absolute atomic E-state index is 2.43. The maximum atomic E-state index is 2.43. The lowest BCUT2D eigenvalue weighted by atomic mass is 9.81. The van der Waals surface area contributed by atoms with E-state index in [1.54, 1.807) is 0 Å². The molecule has 1 rings (SSSR count). The van der Waals surface area contributed by atoms with E-state index in [4.69, 9.17) is 0 Å². The SMILES string of the molecule is CCCC(C)(C)CC1C(C)C1(C)C. The topological polar surface area (TPSA) is 0 Å². The van der Waals surface area contributed by atoms with E-state index in [1.165, 1.54) is 19.3 Å². The van der Waals surface area contributed by atoms with E-state index in [0.29, 0.717) is 10.8 Å². The molecule has 0 amide bonds. The van der Waals surface area contributed by atoms with Gasteiger partial charge >= 0.3 is 0 Å². The van der Waals surface area contributed by atoms with Crippen molar-refractivity contribution < 1.29 is 0 Å². The van der Waals surface area contributed by atoms with Gasteiger partial charge in [-0.25, -0.2) is 0 Å².